The third-order valence-electron chi connectivity index (χ3n) is 3.95. The van der Waals surface area contributed by atoms with Gasteiger partial charge >= 0.3 is 5.97 Å². The zero-order valence-electron chi connectivity index (χ0n) is 14.2. The molecule has 2 atom stereocenters. The second kappa shape index (κ2) is 7.42. The molecular formula is C20H25NO2. The summed E-state index contributed by atoms with van der Waals surface area (Å²) in [6.07, 6.45) is -0.294. The summed E-state index contributed by atoms with van der Waals surface area (Å²) in [5.74, 6) is -0.389. The van der Waals surface area contributed by atoms with Crippen LogP contribution >= 0.6 is 0 Å². The molecule has 2 aromatic rings. The average molecular weight is 311 g/mol. The largest absolute Gasteiger partial charge is 0.461 e. The van der Waals surface area contributed by atoms with Crippen molar-refractivity contribution in [3.63, 3.8) is 0 Å². The molecule has 0 heterocycles. The highest BCUT2D eigenvalue weighted by atomic mass is 16.5. The molecule has 2 rings (SSSR count). The van der Waals surface area contributed by atoms with Crippen LogP contribution in [-0.4, -0.2) is 18.1 Å². The van der Waals surface area contributed by atoms with Gasteiger partial charge in [0.15, 0.2) is 0 Å². The molecule has 122 valence electrons. The predicted octanol–water partition coefficient (Wildman–Crippen LogP) is 3.71. The number of esters is 1. The van der Waals surface area contributed by atoms with Crippen LogP contribution in [0.4, 0.5) is 0 Å². The minimum atomic E-state index is -0.617. The van der Waals surface area contributed by atoms with Crippen molar-refractivity contribution in [2.45, 2.75) is 45.8 Å². The zero-order valence-corrected chi connectivity index (χ0v) is 14.2. The first-order chi connectivity index (χ1) is 10.9. The first-order valence-electron chi connectivity index (χ1n) is 7.97. The van der Waals surface area contributed by atoms with Gasteiger partial charge in [-0.2, -0.15) is 0 Å². The number of carbonyl (C=O) groups excluding carboxylic acids is 1. The summed E-state index contributed by atoms with van der Waals surface area (Å²) in [5, 5.41) is 0. The smallest absolute Gasteiger partial charge is 0.322 e. The third kappa shape index (κ3) is 4.42. The monoisotopic (exact) mass is 311 g/mol. The van der Waals surface area contributed by atoms with E-state index >= 15 is 0 Å². The summed E-state index contributed by atoms with van der Waals surface area (Å²) >= 11 is 0. The lowest BCUT2D eigenvalue weighted by Crippen LogP contribution is -2.33. The van der Waals surface area contributed by atoms with Crippen molar-refractivity contribution in [1.82, 2.24) is 0 Å². The fourth-order valence-corrected chi connectivity index (χ4v) is 2.82. The molecule has 0 spiro atoms. The molecule has 0 saturated heterocycles. The molecule has 23 heavy (non-hydrogen) atoms. The molecule has 0 radical (unpaired) electrons. The minimum Gasteiger partial charge on any atom is -0.461 e. The maximum atomic E-state index is 11.9. The van der Waals surface area contributed by atoms with Crippen LogP contribution in [0.5, 0.6) is 0 Å². The third-order valence-corrected chi connectivity index (χ3v) is 3.95. The highest BCUT2D eigenvalue weighted by Crippen LogP contribution is 2.31. The fourth-order valence-electron chi connectivity index (χ4n) is 2.82. The molecule has 0 unspecified atom stereocenters. The van der Waals surface area contributed by atoms with E-state index in [-0.39, 0.29) is 18.0 Å². The van der Waals surface area contributed by atoms with Crippen molar-refractivity contribution in [3.8, 4) is 0 Å². The highest BCUT2D eigenvalue weighted by Gasteiger charge is 2.26. The molecule has 0 amide bonds. The molecule has 0 aliphatic rings. The summed E-state index contributed by atoms with van der Waals surface area (Å²) in [6.45, 7) is 7.70. The number of aryl methyl sites for hydroxylation is 2. The maximum absolute atomic E-state index is 11.9. The van der Waals surface area contributed by atoms with Crippen molar-refractivity contribution < 1.29 is 9.53 Å². The molecule has 3 heteroatoms. The Morgan fingerprint density at radius 1 is 0.957 bits per heavy atom. The molecule has 3 nitrogen and oxygen atoms in total. The van der Waals surface area contributed by atoms with E-state index < -0.39 is 6.04 Å². The Labute approximate surface area is 138 Å². The molecule has 2 N–H and O–H groups in total. The van der Waals surface area contributed by atoms with Crippen LogP contribution in [0.3, 0.4) is 0 Å². The van der Waals surface area contributed by atoms with Crippen molar-refractivity contribution in [1.29, 1.82) is 0 Å². The second-order valence-corrected chi connectivity index (χ2v) is 6.24. The van der Waals surface area contributed by atoms with Gasteiger partial charge in [0.1, 0.15) is 12.1 Å². The van der Waals surface area contributed by atoms with Gasteiger partial charge in [-0.3, -0.25) is 4.79 Å². The van der Waals surface area contributed by atoms with E-state index in [0.29, 0.717) is 0 Å². The normalized spacial score (nSPS) is 13.7. The molecule has 2 aromatic carbocycles. The van der Waals surface area contributed by atoms with E-state index in [4.69, 9.17) is 10.5 Å². The van der Waals surface area contributed by atoms with Crippen molar-refractivity contribution >= 4 is 5.97 Å². The van der Waals surface area contributed by atoms with Crippen LogP contribution in [0, 0.1) is 13.8 Å². The number of rotatable bonds is 5. The summed E-state index contributed by atoms with van der Waals surface area (Å²) < 4.78 is 5.60. The summed E-state index contributed by atoms with van der Waals surface area (Å²) in [4.78, 5) is 11.9. The average Bonchev–Trinajstić information content (AvgIpc) is 2.47. The first kappa shape index (κ1) is 17.2. The Kier molecular flexibility index (Phi) is 5.56. The lowest BCUT2D eigenvalue weighted by atomic mass is 9.86. The number of hydrogen-bond acceptors (Lipinski definition) is 3. The highest BCUT2D eigenvalue weighted by molar-refractivity contribution is 5.75. The van der Waals surface area contributed by atoms with E-state index in [1.807, 2.05) is 19.1 Å². The standard InChI is InChI=1S/C20H25NO2/c1-13-7-5-9-17(11-13)19(16(4)23-20(22)15(3)21)18-10-6-8-14(2)12-18/h5-12,15-16,19H,21H2,1-4H3/t15-,16-/m0/s1. The molecule has 0 bridgehead atoms. The van der Waals surface area contributed by atoms with Crippen LogP contribution in [0.1, 0.15) is 42.0 Å². The van der Waals surface area contributed by atoms with E-state index in [0.717, 1.165) is 11.1 Å². The maximum Gasteiger partial charge on any atom is 0.322 e. The van der Waals surface area contributed by atoms with Gasteiger partial charge in [-0.05, 0) is 38.8 Å². The van der Waals surface area contributed by atoms with E-state index in [2.05, 4.69) is 50.2 Å². The van der Waals surface area contributed by atoms with Gasteiger partial charge in [-0.15, -0.1) is 0 Å². The van der Waals surface area contributed by atoms with Crippen LogP contribution in [0.25, 0.3) is 0 Å². The number of benzene rings is 2. The molecule has 0 aliphatic heterocycles. The van der Waals surface area contributed by atoms with Gasteiger partial charge < -0.3 is 10.5 Å². The van der Waals surface area contributed by atoms with Gasteiger partial charge in [-0.25, -0.2) is 0 Å². The predicted molar refractivity (Wildman–Crippen MR) is 93.4 cm³/mol. The zero-order chi connectivity index (χ0) is 17.0. The van der Waals surface area contributed by atoms with Crippen molar-refractivity contribution in [3.05, 3.63) is 70.8 Å². The lowest BCUT2D eigenvalue weighted by molar-refractivity contribution is -0.149. The lowest BCUT2D eigenvalue weighted by Gasteiger charge is -2.26. The quantitative estimate of drug-likeness (QED) is 0.856. The van der Waals surface area contributed by atoms with Gasteiger partial charge in [0.2, 0.25) is 0 Å². The Hall–Kier alpha value is -2.13. The summed E-state index contributed by atoms with van der Waals surface area (Å²) in [7, 11) is 0. The summed E-state index contributed by atoms with van der Waals surface area (Å²) in [6, 6.07) is 16.0. The second-order valence-electron chi connectivity index (χ2n) is 6.24. The molecule has 0 fully saturated rings. The van der Waals surface area contributed by atoms with Crippen LogP contribution in [0.2, 0.25) is 0 Å². The van der Waals surface area contributed by atoms with Crippen LogP contribution in [0.15, 0.2) is 48.5 Å². The SMILES string of the molecule is Cc1cccc(C(c2cccc(C)c2)[C@H](C)OC(=O)[C@H](C)N)c1. The number of ether oxygens (including phenoxy) is 1. The van der Waals surface area contributed by atoms with Crippen molar-refractivity contribution in [2.24, 2.45) is 5.73 Å². The van der Waals surface area contributed by atoms with E-state index in [9.17, 15) is 4.79 Å². The van der Waals surface area contributed by atoms with Gasteiger partial charge in [0.25, 0.3) is 0 Å². The number of nitrogens with two attached hydrogens (primary N) is 1. The molecular weight excluding hydrogens is 286 g/mol. The molecule has 0 saturated carbocycles. The number of hydrogen-bond donors (Lipinski definition) is 1. The Bertz CT molecular complexity index is 633. The summed E-state index contributed by atoms with van der Waals surface area (Å²) in [5.41, 5.74) is 10.3. The Balaban J connectivity index is 2.41. The fraction of sp³-hybridized carbons (Fsp3) is 0.350. The molecule has 0 aliphatic carbocycles. The van der Waals surface area contributed by atoms with Crippen LogP contribution < -0.4 is 5.73 Å². The molecule has 0 aromatic heterocycles. The Morgan fingerprint density at radius 2 is 1.43 bits per heavy atom. The van der Waals surface area contributed by atoms with Gasteiger partial charge in [0, 0.05) is 5.92 Å². The van der Waals surface area contributed by atoms with Gasteiger partial charge in [-0.1, -0.05) is 59.7 Å². The first-order valence-corrected chi connectivity index (χ1v) is 7.97. The van der Waals surface area contributed by atoms with Crippen molar-refractivity contribution in [2.75, 3.05) is 0 Å². The minimum absolute atomic E-state index is 0.0162. The van der Waals surface area contributed by atoms with E-state index in [1.165, 1.54) is 11.1 Å². The van der Waals surface area contributed by atoms with E-state index in [1.54, 1.807) is 6.92 Å². The number of carbonyl (C=O) groups is 1. The Morgan fingerprint density at radius 3 is 1.83 bits per heavy atom. The topological polar surface area (TPSA) is 52.3 Å². The van der Waals surface area contributed by atoms with Crippen LogP contribution in [-0.2, 0) is 9.53 Å². The van der Waals surface area contributed by atoms with Gasteiger partial charge in [0.05, 0.1) is 0 Å².